The molecule has 0 unspecified atom stereocenters. The Morgan fingerprint density at radius 2 is 1.71 bits per heavy atom. The van der Waals surface area contributed by atoms with Gasteiger partial charge >= 0.3 is 0 Å². The zero-order valence-corrected chi connectivity index (χ0v) is 17.3. The van der Waals surface area contributed by atoms with Gasteiger partial charge in [0.15, 0.2) is 5.11 Å². The van der Waals surface area contributed by atoms with Crippen molar-refractivity contribution < 1.29 is 14.7 Å². The van der Waals surface area contributed by atoms with Gasteiger partial charge in [-0.05, 0) is 35.5 Å². The van der Waals surface area contributed by atoms with Crippen molar-refractivity contribution in [3.63, 3.8) is 0 Å². The third kappa shape index (κ3) is 7.16. The van der Waals surface area contributed by atoms with E-state index in [4.69, 9.17) is 47.0 Å². The predicted octanol–water partition coefficient (Wildman–Crippen LogP) is 2.39. The molecule has 0 aromatic heterocycles. The van der Waals surface area contributed by atoms with Crippen LogP contribution in [0.5, 0.6) is 0 Å². The van der Waals surface area contributed by atoms with Crippen LogP contribution in [0.3, 0.4) is 0 Å². The Balaban J connectivity index is 2.01. The number of halogens is 3. The van der Waals surface area contributed by atoms with E-state index < -0.39 is 15.9 Å². The van der Waals surface area contributed by atoms with Crippen molar-refractivity contribution in [2.75, 3.05) is 5.32 Å². The number of carbonyl (C=O) groups is 2. The zero-order chi connectivity index (χ0) is 20.7. The van der Waals surface area contributed by atoms with Crippen LogP contribution in [-0.4, -0.2) is 26.9 Å². The van der Waals surface area contributed by atoms with Crippen LogP contribution in [0.15, 0.2) is 54.6 Å². The topological polar surface area (TPSA) is 93.3 Å². The van der Waals surface area contributed by atoms with Crippen LogP contribution in [0.2, 0.25) is 0 Å². The minimum atomic E-state index is -1.90. The predicted molar refractivity (Wildman–Crippen MR) is 112 cm³/mol. The second-order valence-corrected chi connectivity index (χ2v) is 8.45. The molecule has 0 fully saturated rings. The number of amides is 1. The summed E-state index contributed by atoms with van der Waals surface area (Å²) in [7, 11) is 0. The lowest BCUT2D eigenvalue weighted by Crippen LogP contribution is -2.56. The first-order valence-electron chi connectivity index (χ1n) is 7.94. The van der Waals surface area contributed by atoms with Crippen molar-refractivity contribution in [3.05, 3.63) is 65.7 Å². The summed E-state index contributed by atoms with van der Waals surface area (Å²) < 4.78 is -1.90. The maximum absolute atomic E-state index is 12.3. The van der Waals surface area contributed by atoms with Gasteiger partial charge in [-0.2, -0.15) is 0 Å². The molecule has 0 radical (unpaired) electrons. The Bertz CT molecular complexity index is 860. The van der Waals surface area contributed by atoms with Crippen LogP contribution in [0.1, 0.15) is 15.9 Å². The fraction of sp³-hybridized carbons (Fsp3) is 0.167. The Labute approximate surface area is 182 Å². The Morgan fingerprint density at radius 1 is 1.04 bits per heavy atom. The lowest BCUT2D eigenvalue weighted by Gasteiger charge is -2.28. The van der Waals surface area contributed by atoms with Crippen LogP contribution < -0.4 is 21.1 Å². The number of aromatic carboxylic acids is 1. The number of carbonyl (C=O) groups excluding carboxylic acids is 2. The number of alkyl halides is 3. The van der Waals surface area contributed by atoms with E-state index in [1.165, 1.54) is 18.2 Å². The SMILES string of the molecule is O=C(Cc1ccccc1)N[C@H](NC(=S)Nc1cccc(C(=O)[O-])c1)C(Cl)(Cl)Cl. The molecule has 1 amide bonds. The lowest BCUT2D eigenvalue weighted by atomic mass is 10.1. The van der Waals surface area contributed by atoms with E-state index in [0.717, 1.165) is 5.56 Å². The minimum Gasteiger partial charge on any atom is -0.545 e. The molecule has 0 heterocycles. The number of hydrogen-bond acceptors (Lipinski definition) is 4. The number of thiocarbonyl (C=S) groups is 1. The normalized spacial score (nSPS) is 12.0. The summed E-state index contributed by atoms with van der Waals surface area (Å²) >= 11 is 23.0. The van der Waals surface area contributed by atoms with Crippen LogP contribution >= 0.6 is 47.0 Å². The summed E-state index contributed by atoms with van der Waals surface area (Å²) in [6.45, 7) is 0. The highest BCUT2D eigenvalue weighted by molar-refractivity contribution is 7.80. The first kappa shape index (κ1) is 22.2. The third-order valence-electron chi connectivity index (χ3n) is 3.47. The summed E-state index contributed by atoms with van der Waals surface area (Å²) in [5.74, 6) is -1.70. The van der Waals surface area contributed by atoms with E-state index >= 15 is 0 Å². The van der Waals surface area contributed by atoms with Gasteiger partial charge < -0.3 is 25.9 Å². The molecule has 28 heavy (non-hydrogen) atoms. The first-order chi connectivity index (χ1) is 13.1. The quantitative estimate of drug-likeness (QED) is 0.349. The van der Waals surface area contributed by atoms with Crippen LogP contribution in [-0.2, 0) is 11.2 Å². The zero-order valence-electron chi connectivity index (χ0n) is 14.2. The number of hydrogen-bond donors (Lipinski definition) is 3. The van der Waals surface area contributed by atoms with Gasteiger partial charge in [-0.25, -0.2) is 0 Å². The van der Waals surface area contributed by atoms with Gasteiger partial charge in [0.25, 0.3) is 0 Å². The molecule has 0 saturated carbocycles. The molecule has 1 atom stereocenters. The highest BCUT2D eigenvalue weighted by Crippen LogP contribution is 2.29. The highest BCUT2D eigenvalue weighted by Gasteiger charge is 2.34. The summed E-state index contributed by atoms with van der Waals surface area (Å²) in [6.07, 6.45) is -1.04. The average Bonchev–Trinajstić information content (AvgIpc) is 2.61. The van der Waals surface area contributed by atoms with Crippen molar-refractivity contribution >= 4 is 69.7 Å². The summed E-state index contributed by atoms with van der Waals surface area (Å²) in [6, 6.07) is 14.9. The molecule has 0 bridgehead atoms. The average molecular weight is 460 g/mol. The van der Waals surface area contributed by atoms with Crippen LogP contribution in [0, 0.1) is 0 Å². The molecule has 2 aromatic carbocycles. The second kappa shape index (κ2) is 9.93. The Hall–Kier alpha value is -2.06. The molecule has 148 valence electrons. The fourth-order valence-corrected chi connectivity index (χ4v) is 2.78. The molecule has 0 saturated heterocycles. The van der Waals surface area contributed by atoms with Gasteiger partial charge in [-0.3, -0.25) is 4.79 Å². The number of anilines is 1. The van der Waals surface area contributed by atoms with Crippen LogP contribution in [0.25, 0.3) is 0 Å². The fourth-order valence-electron chi connectivity index (χ4n) is 2.22. The number of nitrogens with one attached hydrogen (secondary N) is 3. The van der Waals surface area contributed by atoms with Crippen LogP contribution in [0.4, 0.5) is 5.69 Å². The van der Waals surface area contributed by atoms with Gasteiger partial charge in [0.2, 0.25) is 9.70 Å². The Kier molecular flexibility index (Phi) is 7.88. The Morgan fingerprint density at radius 3 is 2.32 bits per heavy atom. The van der Waals surface area contributed by atoms with Gasteiger partial charge in [0, 0.05) is 5.69 Å². The number of carboxylic acids is 1. The maximum atomic E-state index is 12.3. The molecular weight excluding hydrogens is 445 g/mol. The lowest BCUT2D eigenvalue weighted by molar-refractivity contribution is -0.255. The smallest absolute Gasteiger partial charge is 0.228 e. The van der Waals surface area contributed by atoms with E-state index in [2.05, 4.69) is 16.0 Å². The van der Waals surface area contributed by atoms with Crippen molar-refractivity contribution in [1.29, 1.82) is 0 Å². The van der Waals surface area contributed by atoms with E-state index in [0.29, 0.717) is 5.69 Å². The summed E-state index contributed by atoms with van der Waals surface area (Å²) in [4.78, 5) is 23.2. The van der Waals surface area contributed by atoms with Crippen molar-refractivity contribution in [2.45, 2.75) is 16.4 Å². The molecular formula is C18H15Cl3N3O3S-. The van der Waals surface area contributed by atoms with Crippen molar-refractivity contribution in [2.24, 2.45) is 0 Å². The maximum Gasteiger partial charge on any atom is 0.228 e. The molecule has 0 aliphatic carbocycles. The molecule has 6 nitrogen and oxygen atoms in total. The highest BCUT2D eigenvalue weighted by atomic mass is 35.6. The van der Waals surface area contributed by atoms with Gasteiger partial charge in [0.1, 0.15) is 6.17 Å². The molecule has 10 heteroatoms. The molecule has 0 aliphatic heterocycles. The monoisotopic (exact) mass is 458 g/mol. The van der Waals surface area contributed by atoms with E-state index in [-0.39, 0.29) is 23.0 Å². The first-order valence-corrected chi connectivity index (χ1v) is 9.48. The number of rotatable bonds is 6. The molecule has 2 rings (SSSR count). The molecule has 2 aromatic rings. The van der Waals surface area contributed by atoms with Gasteiger partial charge in [-0.1, -0.05) is 77.3 Å². The molecule has 0 spiro atoms. The molecule has 3 N–H and O–H groups in total. The minimum absolute atomic E-state index is 0.0202. The standard InChI is InChI=1S/C18H16Cl3N3O3S/c19-18(20,21)16(23-14(25)9-11-5-2-1-3-6-11)24-17(28)22-13-8-4-7-12(10-13)15(26)27/h1-8,10,16H,9H2,(H,23,25)(H,26,27)(H2,22,24,28)/p-1/t16-/m1/s1. The second-order valence-electron chi connectivity index (χ2n) is 5.67. The largest absolute Gasteiger partial charge is 0.545 e. The van der Waals surface area contributed by atoms with Crippen molar-refractivity contribution in [3.8, 4) is 0 Å². The number of benzene rings is 2. The van der Waals surface area contributed by atoms with E-state index in [9.17, 15) is 14.7 Å². The summed E-state index contributed by atoms with van der Waals surface area (Å²) in [5.41, 5.74) is 1.16. The van der Waals surface area contributed by atoms with Gasteiger partial charge in [0.05, 0.1) is 12.4 Å². The molecule has 0 aliphatic rings. The van der Waals surface area contributed by atoms with E-state index in [1.807, 2.05) is 18.2 Å². The van der Waals surface area contributed by atoms with E-state index in [1.54, 1.807) is 18.2 Å². The van der Waals surface area contributed by atoms with Gasteiger partial charge in [-0.15, -0.1) is 0 Å². The third-order valence-corrected chi connectivity index (χ3v) is 4.35. The summed E-state index contributed by atoms with van der Waals surface area (Å²) in [5, 5.41) is 19.0. The van der Waals surface area contributed by atoms with Crippen molar-refractivity contribution in [1.82, 2.24) is 10.6 Å². The number of carboxylic acid groups (broad SMARTS) is 1.